The maximum atomic E-state index is 11.8. The van der Waals surface area contributed by atoms with Gasteiger partial charge in [-0.1, -0.05) is 39.9 Å². The molecule has 0 spiro atoms. The summed E-state index contributed by atoms with van der Waals surface area (Å²) in [5.74, 6) is 2.04. The molecule has 20 heavy (non-hydrogen) atoms. The van der Waals surface area contributed by atoms with Gasteiger partial charge in [-0.15, -0.1) is 0 Å². The summed E-state index contributed by atoms with van der Waals surface area (Å²) in [5, 5.41) is 0. The lowest BCUT2D eigenvalue weighted by Crippen LogP contribution is -2.33. The molecule has 0 aliphatic rings. The SMILES string of the molecule is CC(C)CN(CCC(N)=S)c1cc(=O)[nH]c(C(C)C)n1. The molecule has 1 rings (SSSR count). The highest BCUT2D eigenvalue weighted by Crippen LogP contribution is 2.15. The third kappa shape index (κ3) is 5.28. The van der Waals surface area contributed by atoms with Crippen molar-refractivity contribution in [2.75, 3.05) is 18.0 Å². The van der Waals surface area contributed by atoms with Crippen LogP contribution in [-0.2, 0) is 0 Å². The molecule has 112 valence electrons. The number of nitrogens with zero attached hydrogens (tertiary/aromatic N) is 2. The van der Waals surface area contributed by atoms with Crippen molar-refractivity contribution < 1.29 is 0 Å². The van der Waals surface area contributed by atoms with Crippen molar-refractivity contribution in [3.05, 3.63) is 22.2 Å². The van der Waals surface area contributed by atoms with Gasteiger partial charge in [-0.05, 0) is 5.92 Å². The van der Waals surface area contributed by atoms with Gasteiger partial charge in [0.2, 0.25) is 0 Å². The molecule has 0 atom stereocenters. The standard InChI is InChI=1S/C14H24N4OS/c1-9(2)8-18(6-5-11(15)20)12-7-13(19)17-14(16-12)10(3)4/h7,9-10H,5-6,8H2,1-4H3,(H2,15,20)(H,16,17,19). The van der Waals surface area contributed by atoms with E-state index in [1.54, 1.807) is 0 Å². The topological polar surface area (TPSA) is 75.0 Å². The smallest absolute Gasteiger partial charge is 0.252 e. The summed E-state index contributed by atoms with van der Waals surface area (Å²) in [7, 11) is 0. The van der Waals surface area contributed by atoms with Gasteiger partial charge in [0, 0.05) is 31.5 Å². The number of thiocarbonyl (C=S) groups is 1. The summed E-state index contributed by atoms with van der Waals surface area (Å²) in [6.45, 7) is 9.76. The van der Waals surface area contributed by atoms with Crippen molar-refractivity contribution in [2.24, 2.45) is 11.7 Å². The summed E-state index contributed by atoms with van der Waals surface area (Å²) < 4.78 is 0. The molecule has 6 heteroatoms. The average Bonchev–Trinajstić information content (AvgIpc) is 2.32. The molecule has 1 aromatic rings. The third-order valence-corrected chi connectivity index (χ3v) is 3.04. The predicted molar refractivity (Wildman–Crippen MR) is 87.4 cm³/mol. The first-order valence-corrected chi connectivity index (χ1v) is 7.35. The molecule has 1 heterocycles. The van der Waals surface area contributed by atoms with E-state index in [2.05, 4.69) is 28.7 Å². The lowest BCUT2D eigenvalue weighted by Gasteiger charge is -2.26. The molecule has 3 N–H and O–H groups in total. The molecule has 0 bridgehead atoms. The maximum absolute atomic E-state index is 11.8. The largest absolute Gasteiger partial charge is 0.393 e. The van der Waals surface area contributed by atoms with E-state index < -0.39 is 0 Å². The number of nitrogens with two attached hydrogens (primary N) is 1. The molecular weight excluding hydrogens is 272 g/mol. The van der Waals surface area contributed by atoms with Gasteiger partial charge < -0.3 is 15.6 Å². The minimum atomic E-state index is -0.122. The first kappa shape index (κ1) is 16.6. The number of rotatable bonds is 7. The van der Waals surface area contributed by atoms with E-state index in [4.69, 9.17) is 18.0 Å². The van der Waals surface area contributed by atoms with E-state index in [9.17, 15) is 4.79 Å². The molecule has 0 saturated carbocycles. The normalized spacial score (nSPS) is 11.1. The molecule has 1 aromatic heterocycles. The molecule has 0 aliphatic heterocycles. The van der Waals surface area contributed by atoms with Gasteiger partial charge in [-0.3, -0.25) is 4.79 Å². The molecule has 0 amide bonds. The Hall–Kier alpha value is -1.43. The Morgan fingerprint density at radius 3 is 2.60 bits per heavy atom. The zero-order valence-electron chi connectivity index (χ0n) is 12.6. The first-order chi connectivity index (χ1) is 9.29. The minimum Gasteiger partial charge on any atom is -0.393 e. The Morgan fingerprint density at radius 2 is 2.10 bits per heavy atom. The summed E-state index contributed by atoms with van der Waals surface area (Å²) in [5.41, 5.74) is 5.45. The van der Waals surface area contributed by atoms with Crippen LogP contribution in [0.4, 0.5) is 5.82 Å². The zero-order valence-corrected chi connectivity index (χ0v) is 13.5. The molecule has 0 saturated heterocycles. The van der Waals surface area contributed by atoms with Crippen LogP contribution in [0.3, 0.4) is 0 Å². The first-order valence-electron chi connectivity index (χ1n) is 6.94. The van der Waals surface area contributed by atoms with Gasteiger partial charge in [0.05, 0.1) is 4.99 Å². The molecule has 0 aliphatic carbocycles. The van der Waals surface area contributed by atoms with Crippen LogP contribution in [0.1, 0.15) is 45.9 Å². The monoisotopic (exact) mass is 296 g/mol. The van der Waals surface area contributed by atoms with Crippen molar-refractivity contribution in [3.63, 3.8) is 0 Å². The number of nitrogens with one attached hydrogen (secondary N) is 1. The second-order valence-corrected chi connectivity index (χ2v) is 6.22. The lowest BCUT2D eigenvalue weighted by molar-refractivity contribution is 0.605. The Labute approximate surface area is 125 Å². The molecule has 0 radical (unpaired) electrons. The second kappa shape index (κ2) is 7.38. The molecular formula is C14H24N4OS. The second-order valence-electron chi connectivity index (χ2n) is 5.70. The predicted octanol–water partition coefficient (Wildman–Crippen LogP) is 2.03. The molecule has 5 nitrogen and oxygen atoms in total. The van der Waals surface area contributed by atoms with Gasteiger partial charge in [0.1, 0.15) is 11.6 Å². The van der Waals surface area contributed by atoms with Gasteiger partial charge in [0.25, 0.3) is 5.56 Å². The van der Waals surface area contributed by atoms with Crippen molar-refractivity contribution >= 4 is 23.0 Å². The number of hydrogen-bond acceptors (Lipinski definition) is 4. The highest BCUT2D eigenvalue weighted by Gasteiger charge is 2.13. The van der Waals surface area contributed by atoms with Crippen molar-refractivity contribution in [3.8, 4) is 0 Å². The highest BCUT2D eigenvalue weighted by molar-refractivity contribution is 7.80. The number of anilines is 1. The van der Waals surface area contributed by atoms with E-state index in [-0.39, 0.29) is 11.5 Å². The van der Waals surface area contributed by atoms with Crippen LogP contribution < -0.4 is 16.2 Å². The number of H-pyrrole nitrogens is 1. The zero-order chi connectivity index (χ0) is 15.3. The Balaban J connectivity index is 3.05. The Bertz CT molecular complexity index is 510. The fraction of sp³-hybridized carbons (Fsp3) is 0.643. The summed E-state index contributed by atoms with van der Waals surface area (Å²) >= 11 is 4.93. The lowest BCUT2D eigenvalue weighted by atomic mass is 10.2. The quantitative estimate of drug-likeness (QED) is 0.753. The summed E-state index contributed by atoms with van der Waals surface area (Å²) in [6.07, 6.45) is 0.619. The highest BCUT2D eigenvalue weighted by atomic mass is 32.1. The fourth-order valence-electron chi connectivity index (χ4n) is 1.88. The van der Waals surface area contributed by atoms with E-state index in [1.165, 1.54) is 6.07 Å². The average molecular weight is 296 g/mol. The number of aromatic nitrogens is 2. The molecule has 0 aromatic carbocycles. The van der Waals surface area contributed by atoms with Crippen LogP contribution in [0.15, 0.2) is 10.9 Å². The Morgan fingerprint density at radius 1 is 1.45 bits per heavy atom. The van der Waals surface area contributed by atoms with Crippen LogP contribution in [-0.4, -0.2) is 28.0 Å². The van der Waals surface area contributed by atoms with E-state index in [0.717, 1.165) is 6.54 Å². The van der Waals surface area contributed by atoms with E-state index in [0.29, 0.717) is 35.5 Å². The van der Waals surface area contributed by atoms with Gasteiger partial charge in [0.15, 0.2) is 0 Å². The van der Waals surface area contributed by atoms with Gasteiger partial charge in [-0.25, -0.2) is 4.98 Å². The van der Waals surface area contributed by atoms with Crippen LogP contribution in [0.5, 0.6) is 0 Å². The third-order valence-electron chi connectivity index (χ3n) is 2.83. The van der Waals surface area contributed by atoms with Crippen LogP contribution in [0, 0.1) is 5.92 Å². The van der Waals surface area contributed by atoms with Gasteiger partial charge >= 0.3 is 0 Å². The Kier molecular flexibility index (Phi) is 6.13. The van der Waals surface area contributed by atoms with Crippen molar-refractivity contribution in [1.82, 2.24) is 9.97 Å². The summed E-state index contributed by atoms with van der Waals surface area (Å²) in [6, 6.07) is 1.54. The van der Waals surface area contributed by atoms with E-state index >= 15 is 0 Å². The van der Waals surface area contributed by atoms with Crippen LogP contribution in [0.25, 0.3) is 0 Å². The number of aromatic amines is 1. The number of hydrogen-bond donors (Lipinski definition) is 2. The minimum absolute atomic E-state index is 0.122. The van der Waals surface area contributed by atoms with Crippen LogP contribution in [0.2, 0.25) is 0 Å². The fourth-order valence-corrected chi connectivity index (χ4v) is 1.98. The molecule has 0 unspecified atom stereocenters. The summed E-state index contributed by atoms with van der Waals surface area (Å²) in [4.78, 5) is 21.7. The van der Waals surface area contributed by atoms with Crippen molar-refractivity contribution in [1.29, 1.82) is 0 Å². The van der Waals surface area contributed by atoms with Crippen LogP contribution >= 0.6 is 12.2 Å². The van der Waals surface area contributed by atoms with Crippen molar-refractivity contribution in [2.45, 2.75) is 40.0 Å². The molecule has 0 fully saturated rings. The maximum Gasteiger partial charge on any atom is 0.252 e. The van der Waals surface area contributed by atoms with Gasteiger partial charge in [-0.2, -0.15) is 0 Å². The van der Waals surface area contributed by atoms with E-state index in [1.807, 2.05) is 13.8 Å².